The lowest BCUT2D eigenvalue weighted by atomic mass is 10.3. The third-order valence-electron chi connectivity index (χ3n) is 3.19. The summed E-state index contributed by atoms with van der Waals surface area (Å²) < 4.78 is 2.24. The quantitative estimate of drug-likeness (QED) is 0.804. The highest BCUT2D eigenvalue weighted by atomic mass is 35.5. The third kappa shape index (κ3) is 3.79. The largest absolute Gasteiger partial charge is 0.330 e. The van der Waals surface area contributed by atoms with E-state index in [4.69, 9.17) is 23.2 Å². The molecular weight excluding hydrogens is 319 g/mol. The first-order valence-electron chi connectivity index (χ1n) is 6.29. The molecule has 0 aliphatic rings. The minimum absolute atomic E-state index is 0.0683. The molecule has 0 atom stereocenters. The third-order valence-corrected chi connectivity index (χ3v) is 3.52. The molecule has 0 saturated heterocycles. The van der Waals surface area contributed by atoms with Crippen LogP contribution in [0.4, 0.5) is 10.5 Å². The molecule has 1 aromatic heterocycles. The first-order valence-corrected chi connectivity index (χ1v) is 7.36. The van der Waals surface area contributed by atoms with E-state index in [-0.39, 0.29) is 17.4 Å². The van der Waals surface area contributed by atoms with Crippen LogP contribution in [0.1, 0.15) is 5.69 Å². The van der Waals surface area contributed by atoms with Gasteiger partial charge in [-0.05, 0) is 6.92 Å². The lowest BCUT2D eigenvalue weighted by molar-refractivity contribution is 0.217. The Morgan fingerprint density at radius 3 is 2.14 bits per heavy atom. The van der Waals surface area contributed by atoms with Crippen molar-refractivity contribution >= 4 is 34.9 Å². The number of hydrogen-bond donors (Lipinski definition) is 1. The molecule has 9 heteroatoms. The Morgan fingerprint density at radius 2 is 1.67 bits per heavy atom. The normalized spacial score (nSPS) is 10.5. The molecule has 1 N–H and O–H groups in total. The number of amides is 2. The number of urea groups is 1. The zero-order valence-corrected chi connectivity index (χ0v) is 13.7. The molecule has 0 fully saturated rings. The summed E-state index contributed by atoms with van der Waals surface area (Å²) in [5.41, 5.74) is -0.554. The number of halogens is 2. The van der Waals surface area contributed by atoms with Crippen LogP contribution in [-0.4, -0.2) is 44.9 Å². The minimum atomic E-state index is -0.555. The summed E-state index contributed by atoms with van der Waals surface area (Å²) in [6.45, 7) is 2.21. The lowest BCUT2D eigenvalue weighted by Crippen LogP contribution is -2.43. The van der Waals surface area contributed by atoms with Gasteiger partial charge in [0, 0.05) is 44.6 Å². The van der Waals surface area contributed by atoms with Crippen molar-refractivity contribution in [2.24, 2.45) is 14.1 Å². The Bertz CT molecular complexity index is 633. The van der Waals surface area contributed by atoms with Crippen molar-refractivity contribution < 1.29 is 4.79 Å². The number of nitrogens with zero attached hydrogens (tertiary/aromatic N) is 3. The molecule has 118 valence electrons. The average molecular weight is 337 g/mol. The molecule has 2 amide bonds. The maximum absolute atomic E-state index is 12.2. The zero-order valence-electron chi connectivity index (χ0n) is 12.2. The van der Waals surface area contributed by atoms with Crippen LogP contribution in [0.3, 0.4) is 0 Å². The highest BCUT2D eigenvalue weighted by molar-refractivity contribution is 6.18. The molecule has 0 unspecified atom stereocenters. The van der Waals surface area contributed by atoms with Gasteiger partial charge >= 0.3 is 11.7 Å². The number of nitrogens with one attached hydrogen (secondary N) is 1. The maximum atomic E-state index is 12.2. The van der Waals surface area contributed by atoms with Crippen molar-refractivity contribution in [1.29, 1.82) is 0 Å². The van der Waals surface area contributed by atoms with Crippen molar-refractivity contribution in [3.8, 4) is 0 Å². The highest BCUT2D eigenvalue weighted by Crippen LogP contribution is 2.07. The first kappa shape index (κ1) is 17.6. The van der Waals surface area contributed by atoms with Crippen molar-refractivity contribution in [2.75, 3.05) is 30.2 Å². The summed E-state index contributed by atoms with van der Waals surface area (Å²) >= 11 is 11.3. The van der Waals surface area contributed by atoms with Crippen LogP contribution in [0, 0.1) is 6.92 Å². The van der Waals surface area contributed by atoms with E-state index < -0.39 is 17.3 Å². The van der Waals surface area contributed by atoms with E-state index in [1.54, 1.807) is 6.92 Å². The molecule has 0 bridgehead atoms. The predicted octanol–water partition coefficient (Wildman–Crippen LogP) is 0.704. The smallest absolute Gasteiger partial charge is 0.322 e. The molecule has 7 nitrogen and oxygen atoms in total. The van der Waals surface area contributed by atoms with Gasteiger partial charge in [0.1, 0.15) is 5.69 Å². The molecule has 1 rings (SSSR count). The van der Waals surface area contributed by atoms with Gasteiger partial charge in [0.15, 0.2) is 0 Å². The van der Waals surface area contributed by atoms with Crippen LogP contribution in [-0.2, 0) is 14.1 Å². The molecule has 0 spiro atoms. The lowest BCUT2D eigenvalue weighted by Gasteiger charge is -2.22. The zero-order chi connectivity index (χ0) is 16.2. The number of alkyl halides is 2. The fraction of sp³-hybridized carbons (Fsp3) is 0.583. The Kier molecular flexibility index (Phi) is 6.29. The number of aromatic nitrogens is 2. The molecule has 0 radical (unpaired) electrons. The highest BCUT2D eigenvalue weighted by Gasteiger charge is 2.18. The van der Waals surface area contributed by atoms with E-state index in [0.717, 1.165) is 4.57 Å². The summed E-state index contributed by atoms with van der Waals surface area (Å²) in [5, 5.41) is 2.53. The Labute approximate surface area is 132 Å². The van der Waals surface area contributed by atoms with E-state index in [2.05, 4.69) is 5.32 Å². The Balaban J connectivity index is 3.16. The maximum Gasteiger partial charge on any atom is 0.330 e. The summed E-state index contributed by atoms with van der Waals surface area (Å²) in [6.07, 6.45) is 0. The molecule has 1 heterocycles. The SMILES string of the molecule is Cc1c(NC(=O)N(CCCl)CCCl)c(=O)n(C)c(=O)n1C. The van der Waals surface area contributed by atoms with Crippen LogP contribution in [0.25, 0.3) is 0 Å². The molecule has 1 aromatic rings. The van der Waals surface area contributed by atoms with E-state index in [9.17, 15) is 14.4 Å². The molecule has 0 aromatic carbocycles. The van der Waals surface area contributed by atoms with Crippen molar-refractivity contribution in [3.63, 3.8) is 0 Å². The standard InChI is InChI=1S/C12H18Cl2N4O3/c1-8-9(10(19)17(3)12(21)16(8)2)15-11(20)18(6-4-13)7-5-14/h4-7H2,1-3H3,(H,15,20). The molecular formula is C12H18Cl2N4O3. The van der Waals surface area contributed by atoms with Gasteiger partial charge in [-0.25, -0.2) is 9.59 Å². The number of hydrogen-bond acceptors (Lipinski definition) is 3. The number of rotatable bonds is 5. The van der Waals surface area contributed by atoms with Gasteiger partial charge in [-0.1, -0.05) is 0 Å². The van der Waals surface area contributed by atoms with Gasteiger partial charge in [0.2, 0.25) is 0 Å². The van der Waals surface area contributed by atoms with Gasteiger partial charge in [-0.3, -0.25) is 13.9 Å². The van der Waals surface area contributed by atoms with Crippen LogP contribution in [0.2, 0.25) is 0 Å². The predicted molar refractivity (Wildman–Crippen MR) is 83.7 cm³/mol. The van der Waals surface area contributed by atoms with E-state index in [0.29, 0.717) is 18.8 Å². The van der Waals surface area contributed by atoms with Crippen molar-refractivity contribution in [3.05, 3.63) is 26.5 Å². The second-order valence-corrected chi connectivity index (χ2v) is 5.22. The van der Waals surface area contributed by atoms with E-state index in [1.807, 2.05) is 0 Å². The minimum Gasteiger partial charge on any atom is -0.322 e. The van der Waals surface area contributed by atoms with Crippen LogP contribution < -0.4 is 16.6 Å². The molecule has 0 aliphatic carbocycles. The number of carbonyl (C=O) groups is 1. The molecule has 0 aliphatic heterocycles. The summed E-state index contributed by atoms with van der Waals surface area (Å²) in [5.74, 6) is 0.517. The van der Waals surface area contributed by atoms with Gasteiger partial charge in [0.05, 0.1) is 0 Å². The van der Waals surface area contributed by atoms with Gasteiger partial charge in [-0.2, -0.15) is 0 Å². The fourth-order valence-electron chi connectivity index (χ4n) is 1.79. The average Bonchev–Trinajstić information content (AvgIpc) is 2.47. The summed E-state index contributed by atoms with van der Waals surface area (Å²) in [4.78, 5) is 37.4. The monoisotopic (exact) mass is 336 g/mol. The number of carbonyl (C=O) groups excluding carboxylic acids is 1. The van der Waals surface area contributed by atoms with Gasteiger partial charge in [0.25, 0.3) is 5.56 Å². The Morgan fingerprint density at radius 1 is 1.14 bits per heavy atom. The van der Waals surface area contributed by atoms with Crippen molar-refractivity contribution in [2.45, 2.75) is 6.92 Å². The van der Waals surface area contributed by atoms with Crippen LogP contribution in [0.5, 0.6) is 0 Å². The second-order valence-electron chi connectivity index (χ2n) is 4.46. The molecule has 0 saturated carbocycles. The second kappa shape index (κ2) is 7.51. The van der Waals surface area contributed by atoms with Crippen LogP contribution >= 0.6 is 23.2 Å². The molecule has 21 heavy (non-hydrogen) atoms. The Hall–Kier alpha value is -1.47. The fourth-order valence-corrected chi connectivity index (χ4v) is 2.20. The van der Waals surface area contributed by atoms with Crippen molar-refractivity contribution in [1.82, 2.24) is 14.0 Å². The van der Waals surface area contributed by atoms with Gasteiger partial charge < -0.3 is 10.2 Å². The van der Waals surface area contributed by atoms with E-state index >= 15 is 0 Å². The topological polar surface area (TPSA) is 76.3 Å². The number of anilines is 1. The first-order chi connectivity index (χ1) is 9.84. The summed E-state index contributed by atoms with van der Waals surface area (Å²) in [7, 11) is 2.89. The van der Waals surface area contributed by atoms with Crippen LogP contribution in [0.15, 0.2) is 9.59 Å². The summed E-state index contributed by atoms with van der Waals surface area (Å²) in [6, 6.07) is -0.477. The van der Waals surface area contributed by atoms with E-state index in [1.165, 1.54) is 23.6 Å². The van der Waals surface area contributed by atoms with Gasteiger partial charge in [-0.15, -0.1) is 23.2 Å².